The van der Waals surface area contributed by atoms with E-state index in [-0.39, 0.29) is 21.6 Å². The third-order valence-corrected chi connectivity index (χ3v) is 6.02. The second-order valence-corrected chi connectivity index (χ2v) is 7.96. The highest BCUT2D eigenvalue weighted by atomic mass is 32.2. The minimum atomic E-state index is -3.71. The summed E-state index contributed by atoms with van der Waals surface area (Å²) in [5.74, 6) is 0.353. The van der Waals surface area contributed by atoms with Crippen molar-refractivity contribution in [1.82, 2.24) is 9.97 Å². The van der Waals surface area contributed by atoms with Gasteiger partial charge in [-0.2, -0.15) is 4.98 Å². The number of nitrogens with zero attached hydrogens (tertiary/aromatic N) is 2. The lowest BCUT2D eigenvalue weighted by atomic mass is 10.1. The lowest BCUT2D eigenvalue weighted by molar-refractivity contribution is 0.331. The van der Waals surface area contributed by atoms with E-state index in [2.05, 4.69) is 9.97 Å². The Kier molecular flexibility index (Phi) is 4.16. The molecule has 0 bridgehead atoms. The van der Waals surface area contributed by atoms with Gasteiger partial charge in [0.1, 0.15) is 0 Å². The van der Waals surface area contributed by atoms with Gasteiger partial charge in [-0.25, -0.2) is 13.4 Å². The number of nitrogens with two attached hydrogens (primary N) is 1. The van der Waals surface area contributed by atoms with E-state index >= 15 is 0 Å². The fourth-order valence-electron chi connectivity index (χ4n) is 2.98. The van der Waals surface area contributed by atoms with Crippen LogP contribution in [0.15, 0.2) is 70.5 Å². The first-order valence-corrected chi connectivity index (χ1v) is 9.91. The number of benzene rings is 3. The van der Waals surface area contributed by atoms with Crippen LogP contribution in [-0.2, 0) is 9.84 Å². The van der Waals surface area contributed by atoms with E-state index in [9.17, 15) is 8.42 Å². The predicted octanol–water partition coefficient (Wildman–Crippen LogP) is 3.60. The first-order valence-electron chi connectivity index (χ1n) is 8.43. The molecule has 0 spiro atoms. The molecular weight excluding hydrogens is 362 g/mol. The lowest BCUT2D eigenvalue weighted by Gasteiger charge is -2.10. The zero-order valence-electron chi connectivity index (χ0n) is 14.6. The van der Waals surface area contributed by atoms with E-state index in [1.165, 1.54) is 12.1 Å². The summed E-state index contributed by atoms with van der Waals surface area (Å²) in [5.41, 5.74) is 6.23. The van der Waals surface area contributed by atoms with Crippen LogP contribution in [0.25, 0.3) is 21.7 Å². The number of ether oxygens (including phenoxy) is 1. The highest BCUT2D eigenvalue weighted by Crippen LogP contribution is 2.30. The summed E-state index contributed by atoms with van der Waals surface area (Å²) in [6.07, 6.45) is 0. The van der Waals surface area contributed by atoms with Crippen molar-refractivity contribution in [1.29, 1.82) is 0 Å². The van der Waals surface area contributed by atoms with E-state index in [1.807, 2.05) is 31.2 Å². The van der Waals surface area contributed by atoms with Crippen molar-refractivity contribution in [2.75, 3.05) is 12.3 Å². The van der Waals surface area contributed by atoms with E-state index in [0.717, 1.165) is 10.8 Å². The molecule has 4 rings (SSSR count). The summed E-state index contributed by atoms with van der Waals surface area (Å²) in [5, 5.41) is 2.36. The van der Waals surface area contributed by atoms with Gasteiger partial charge in [-0.1, -0.05) is 30.3 Å². The average molecular weight is 379 g/mol. The fourth-order valence-corrected chi connectivity index (χ4v) is 4.30. The van der Waals surface area contributed by atoms with Gasteiger partial charge in [0.25, 0.3) is 0 Å². The maximum Gasteiger partial charge on any atom is 0.226 e. The number of anilines is 1. The molecule has 1 heterocycles. The summed E-state index contributed by atoms with van der Waals surface area (Å²) in [4.78, 5) is 8.61. The molecule has 0 aliphatic carbocycles. The Morgan fingerprint density at radius 1 is 0.926 bits per heavy atom. The largest absolute Gasteiger partial charge is 0.477 e. The van der Waals surface area contributed by atoms with Gasteiger partial charge in [-0.15, -0.1) is 0 Å². The van der Waals surface area contributed by atoms with E-state index < -0.39 is 9.84 Å². The van der Waals surface area contributed by atoms with Crippen LogP contribution in [0.5, 0.6) is 5.88 Å². The molecule has 0 saturated heterocycles. The van der Waals surface area contributed by atoms with Crippen molar-refractivity contribution >= 4 is 37.5 Å². The van der Waals surface area contributed by atoms with Crippen molar-refractivity contribution < 1.29 is 13.2 Å². The maximum atomic E-state index is 13.2. The quantitative estimate of drug-likeness (QED) is 0.582. The van der Waals surface area contributed by atoms with Crippen LogP contribution in [0.1, 0.15) is 6.92 Å². The van der Waals surface area contributed by atoms with Gasteiger partial charge in [0.15, 0.2) is 0 Å². The Balaban J connectivity index is 1.88. The molecule has 0 radical (unpaired) electrons. The van der Waals surface area contributed by atoms with Crippen LogP contribution in [0.2, 0.25) is 0 Å². The van der Waals surface area contributed by atoms with Gasteiger partial charge < -0.3 is 10.5 Å². The molecule has 0 fully saturated rings. The smallest absolute Gasteiger partial charge is 0.226 e. The van der Waals surface area contributed by atoms with Crippen molar-refractivity contribution in [2.24, 2.45) is 0 Å². The van der Waals surface area contributed by atoms with Crippen molar-refractivity contribution in [3.05, 3.63) is 60.7 Å². The zero-order valence-corrected chi connectivity index (χ0v) is 15.4. The number of aromatic nitrogens is 2. The minimum absolute atomic E-state index is 0.0797. The van der Waals surface area contributed by atoms with Crippen LogP contribution in [0.3, 0.4) is 0 Å². The van der Waals surface area contributed by atoms with Crippen LogP contribution in [-0.4, -0.2) is 25.0 Å². The highest BCUT2D eigenvalue weighted by molar-refractivity contribution is 7.91. The molecule has 6 nitrogen and oxygen atoms in total. The van der Waals surface area contributed by atoms with Crippen LogP contribution in [0, 0.1) is 0 Å². The second kappa shape index (κ2) is 6.51. The molecule has 3 aromatic carbocycles. The molecule has 2 N–H and O–H groups in total. The molecule has 27 heavy (non-hydrogen) atoms. The number of nitrogen functional groups attached to an aromatic ring is 1. The Morgan fingerprint density at radius 3 is 2.41 bits per heavy atom. The van der Waals surface area contributed by atoms with Crippen LogP contribution in [0.4, 0.5) is 5.95 Å². The van der Waals surface area contributed by atoms with Gasteiger partial charge >= 0.3 is 0 Å². The molecule has 0 aliphatic heterocycles. The highest BCUT2D eigenvalue weighted by Gasteiger charge is 2.20. The molecule has 0 aliphatic rings. The van der Waals surface area contributed by atoms with Gasteiger partial charge in [-0.3, -0.25) is 0 Å². The lowest BCUT2D eigenvalue weighted by Crippen LogP contribution is -2.04. The molecule has 1 aromatic heterocycles. The third-order valence-electron chi connectivity index (χ3n) is 4.27. The normalized spacial score (nSPS) is 11.7. The Bertz CT molecular complexity index is 1270. The van der Waals surface area contributed by atoms with E-state index in [0.29, 0.717) is 17.5 Å². The average Bonchev–Trinajstić information content (AvgIpc) is 2.67. The van der Waals surface area contributed by atoms with Gasteiger partial charge in [0, 0.05) is 0 Å². The first-order chi connectivity index (χ1) is 13.0. The Hall–Kier alpha value is -3.19. The van der Waals surface area contributed by atoms with E-state index in [1.54, 1.807) is 24.3 Å². The minimum Gasteiger partial charge on any atom is -0.477 e. The SMILES string of the molecule is CCOc1nc(N)nc2ccc(S(=O)(=O)c3ccc4ccccc4c3)cc12. The number of fused-ring (bicyclic) bond motifs is 2. The fraction of sp³-hybridized carbons (Fsp3) is 0.100. The number of sulfone groups is 1. The zero-order chi connectivity index (χ0) is 19.0. The third kappa shape index (κ3) is 3.06. The number of hydrogen-bond acceptors (Lipinski definition) is 6. The topological polar surface area (TPSA) is 95.2 Å². The van der Waals surface area contributed by atoms with Crippen molar-refractivity contribution in [2.45, 2.75) is 16.7 Å². The summed E-state index contributed by atoms with van der Waals surface area (Å²) >= 11 is 0. The molecule has 0 saturated carbocycles. The van der Waals surface area contributed by atoms with Gasteiger partial charge in [0.05, 0.1) is 27.3 Å². The molecule has 7 heteroatoms. The Labute approximate surface area is 156 Å². The molecule has 4 aromatic rings. The molecule has 0 amide bonds. The standard InChI is InChI=1S/C20H17N3O3S/c1-2-26-19-17-12-16(9-10-18(17)22-20(21)23-19)27(24,25)15-8-7-13-5-3-4-6-14(13)11-15/h3-12H,2H2,1H3,(H2,21,22,23). The monoisotopic (exact) mass is 379 g/mol. The number of hydrogen-bond donors (Lipinski definition) is 1. The number of rotatable bonds is 4. The van der Waals surface area contributed by atoms with Gasteiger partial charge in [-0.05, 0) is 48.0 Å². The molecule has 0 unspecified atom stereocenters. The predicted molar refractivity (Wildman–Crippen MR) is 105 cm³/mol. The van der Waals surface area contributed by atoms with Crippen molar-refractivity contribution in [3.63, 3.8) is 0 Å². The van der Waals surface area contributed by atoms with Crippen LogP contribution >= 0.6 is 0 Å². The molecular formula is C20H17N3O3S. The summed E-state index contributed by atoms with van der Waals surface area (Å²) in [6, 6.07) is 17.4. The van der Waals surface area contributed by atoms with Gasteiger partial charge in [0.2, 0.25) is 21.7 Å². The summed E-state index contributed by atoms with van der Waals surface area (Å²) in [7, 11) is -3.71. The van der Waals surface area contributed by atoms with E-state index in [4.69, 9.17) is 10.5 Å². The molecule has 136 valence electrons. The summed E-state index contributed by atoms with van der Waals surface area (Å²) in [6.45, 7) is 2.20. The second-order valence-electron chi connectivity index (χ2n) is 6.01. The first kappa shape index (κ1) is 17.2. The summed E-state index contributed by atoms with van der Waals surface area (Å²) < 4.78 is 31.8. The maximum absolute atomic E-state index is 13.2. The van der Waals surface area contributed by atoms with Crippen molar-refractivity contribution in [3.8, 4) is 5.88 Å². The molecule has 0 atom stereocenters. The van der Waals surface area contributed by atoms with Crippen LogP contribution < -0.4 is 10.5 Å². The Morgan fingerprint density at radius 2 is 1.63 bits per heavy atom.